The van der Waals surface area contributed by atoms with Crippen LogP contribution in [0.4, 0.5) is 0 Å². The minimum Gasteiger partial charge on any atom is -0.0943 e. The van der Waals surface area contributed by atoms with Gasteiger partial charge in [-0.25, -0.2) is 0 Å². The molecule has 0 spiro atoms. The number of hydrogen-bond acceptors (Lipinski definition) is 1. The van der Waals surface area contributed by atoms with Crippen molar-refractivity contribution in [2.75, 3.05) is 0 Å². The molecular weight excluding hydrogens is 66.9 g/mol. The first kappa shape index (κ1) is 4.15. The molecule has 0 bridgehead atoms. The number of thiocarbonyl (C=S) groups is 1. The lowest BCUT2D eigenvalue weighted by atomic mass is 10.1. The standard InChI is InChI=1S/C2H3BS/c3-1-2-4/h2H,1H2. The first-order valence-corrected chi connectivity index (χ1v) is 1.52. The molecule has 0 atom stereocenters. The van der Waals surface area contributed by atoms with Gasteiger partial charge in [0.15, 0.2) is 0 Å². The lowest BCUT2D eigenvalue weighted by Gasteiger charge is -1.54. The monoisotopic (exact) mass is 70.0 g/mol. The Morgan fingerprint density at radius 3 is 2.25 bits per heavy atom. The van der Waals surface area contributed by atoms with Crippen molar-refractivity contribution in [2.24, 2.45) is 0 Å². The minimum atomic E-state index is 0.509. The molecule has 0 heterocycles. The lowest BCUT2D eigenvalue weighted by molar-refractivity contribution is 2.07. The van der Waals surface area contributed by atoms with E-state index in [1.54, 1.807) is 0 Å². The summed E-state index contributed by atoms with van der Waals surface area (Å²) in [6.07, 6.45) is 0.509. The second kappa shape index (κ2) is 3.15. The second-order valence-electron chi connectivity index (χ2n) is 0.402. The molecule has 0 aromatic heterocycles. The Morgan fingerprint density at radius 2 is 2.25 bits per heavy atom. The molecule has 0 aromatic rings. The van der Waals surface area contributed by atoms with E-state index >= 15 is 0 Å². The predicted octanol–water partition coefficient (Wildman–Crippen LogP) is 0.573. The maximum absolute atomic E-state index is 4.87. The van der Waals surface area contributed by atoms with E-state index in [1.165, 1.54) is 5.37 Å². The van der Waals surface area contributed by atoms with Crippen LogP contribution in [0, 0.1) is 0 Å². The summed E-state index contributed by atoms with van der Waals surface area (Å²) < 4.78 is 0. The van der Waals surface area contributed by atoms with E-state index < -0.39 is 0 Å². The van der Waals surface area contributed by atoms with Gasteiger partial charge in [-0.15, -0.1) is 0 Å². The van der Waals surface area contributed by atoms with Crippen molar-refractivity contribution in [3.8, 4) is 0 Å². The molecule has 0 fully saturated rings. The summed E-state index contributed by atoms with van der Waals surface area (Å²) >= 11 is 4.30. The maximum Gasteiger partial charge on any atom is 0.0719 e. The molecule has 0 aliphatic heterocycles. The molecule has 2 radical (unpaired) electrons. The van der Waals surface area contributed by atoms with Gasteiger partial charge in [0.1, 0.15) is 0 Å². The van der Waals surface area contributed by atoms with Gasteiger partial charge in [0.05, 0.1) is 7.85 Å². The SMILES string of the molecule is [B]CC=S. The summed E-state index contributed by atoms with van der Waals surface area (Å²) in [5, 5.41) is 1.49. The van der Waals surface area contributed by atoms with Crippen LogP contribution in [0.25, 0.3) is 0 Å². The molecule has 0 N–H and O–H groups in total. The predicted molar refractivity (Wildman–Crippen MR) is 24.2 cm³/mol. The van der Waals surface area contributed by atoms with Gasteiger partial charge in [0.2, 0.25) is 0 Å². The highest BCUT2D eigenvalue weighted by Crippen LogP contribution is 1.54. The van der Waals surface area contributed by atoms with E-state index in [1.807, 2.05) is 0 Å². The molecule has 0 unspecified atom stereocenters. The van der Waals surface area contributed by atoms with Crippen molar-refractivity contribution in [2.45, 2.75) is 6.32 Å². The Kier molecular flexibility index (Phi) is 3.28. The molecule has 0 aliphatic rings. The van der Waals surface area contributed by atoms with E-state index in [2.05, 4.69) is 12.2 Å². The van der Waals surface area contributed by atoms with Gasteiger partial charge in [0.25, 0.3) is 0 Å². The molecule has 0 rings (SSSR count). The van der Waals surface area contributed by atoms with Gasteiger partial charge < -0.3 is 0 Å². The van der Waals surface area contributed by atoms with Crippen molar-refractivity contribution in [1.82, 2.24) is 0 Å². The van der Waals surface area contributed by atoms with Crippen LogP contribution in [0.1, 0.15) is 0 Å². The van der Waals surface area contributed by atoms with Crippen LogP contribution in [0.5, 0.6) is 0 Å². The average Bonchev–Trinajstić information content (AvgIpc) is 1.37. The maximum atomic E-state index is 4.87. The van der Waals surface area contributed by atoms with E-state index in [-0.39, 0.29) is 0 Å². The van der Waals surface area contributed by atoms with Crippen LogP contribution in [0.3, 0.4) is 0 Å². The first-order chi connectivity index (χ1) is 1.91. The number of hydrogen-bond donors (Lipinski definition) is 0. The molecule has 0 amide bonds. The summed E-state index contributed by atoms with van der Waals surface area (Å²) in [6, 6.07) is 0. The van der Waals surface area contributed by atoms with Crippen LogP contribution in [-0.2, 0) is 0 Å². The Balaban J connectivity index is 2.30. The first-order valence-electron chi connectivity index (χ1n) is 1.05. The molecule has 0 nitrogen and oxygen atoms in total. The zero-order valence-corrected chi connectivity index (χ0v) is 3.09. The molecule has 2 heteroatoms. The van der Waals surface area contributed by atoms with E-state index in [9.17, 15) is 0 Å². The Hall–Kier alpha value is 0.155. The van der Waals surface area contributed by atoms with Gasteiger partial charge in [-0.1, -0.05) is 18.5 Å². The summed E-state index contributed by atoms with van der Waals surface area (Å²) in [7, 11) is 4.87. The number of rotatable bonds is 1. The van der Waals surface area contributed by atoms with Crippen molar-refractivity contribution in [3.05, 3.63) is 0 Å². The highest BCUT2D eigenvalue weighted by atomic mass is 32.1. The molecule has 20 valence electrons. The zero-order valence-electron chi connectivity index (χ0n) is 2.27. The highest BCUT2D eigenvalue weighted by Gasteiger charge is 1.48. The smallest absolute Gasteiger partial charge is 0.0719 e. The average molecular weight is 69.9 g/mol. The summed E-state index contributed by atoms with van der Waals surface area (Å²) in [5.74, 6) is 0. The normalized spacial score (nSPS) is 6.00. The molecule has 0 saturated heterocycles. The summed E-state index contributed by atoms with van der Waals surface area (Å²) in [6.45, 7) is 0. The van der Waals surface area contributed by atoms with Crippen molar-refractivity contribution in [3.63, 3.8) is 0 Å². The lowest BCUT2D eigenvalue weighted by Crippen LogP contribution is -1.57. The van der Waals surface area contributed by atoms with E-state index in [0.717, 1.165) is 0 Å². The van der Waals surface area contributed by atoms with E-state index in [0.29, 0.717) is 6.32 Å². The van der Waals surface area contributed by atoms with E-state index in [4.69, 9.17) is 7.85 Å². The fourth-order valence-corrected chi connectivity index (χ4v) is 0. The molecule has 0 saturated carbocycles. The largest absolute Gasteiger partial charge is 0.0943 e. The van der Waals surface area contributed by atoms with Gasteiger partial charge in [-0.05, 0) is 5.37 Å². The molecule has 0 aliphatic carbocycles. The fourth-order valence-electron chi connectivity index (χ4n) is 0. The van der Waals surface area contributed by atoms with Crippen LogP contribution in [0.2, 0.25) is 6.32 Å². The fraction of sp³-hybridized carbons (Fsp3) is 0.500. The van der Waals surface area contributed by atoms with Gasteiger partial charge >= 0.3 is 0 Å². The molecular formula is C2H3BS. The highest BCUT2D eigenvalue weighted by molar-refractivity contribution is 7.79. The topological polar surface area (TPSA) is 0 Å². The van der Waals surface area contributed by atoms with Gasteiger partial charge in [-0.2, -0.15) is 0 Å². The summed E-state index contributed by atoms with van der Waals surface area (Å²) in [5.41, 5.74) is 0. The minimum absolute atomic E-state index is 0.509. The Bertz CT molecular complexity index is 20.0. The van der Waals surface area contributed by atoms with Gasteiger partial charge in [0, 0.05) is 0 Å². The third kappa shape index (κ3) is 2.15. The van der Waals surface area contributed by atoms with Crippen molar-refractivity contribution < 1.29 is 0 Å². The van der Waals surface area contributed by atoms with Crippen LogP contribution in [-0.4, -0.2) is 13.2 Å². The van der Waals surface area contributed by atoms with Crippen LogP contribution < -0.4 is 0 Å². The molecule has 0 aromatic carbocycles. The molecule has 4 heavy (non-hydrogen) atoms. The quantitative estimate of drug-likeness (QED) is 0.321. The third-order valence-corrected chi connectivity index (χ3v) is 0.289. The van der Waals surface area contributed by atoms with Crippen molar-refractivity contribution in [1.29, 1.82) is 0 Å². The third-order valence-electron chi connectivity index (χ3n) is 0.0962. The summed E-state index contributed by atoms with van der Waals surface area (Å²) in [4.78, 5) is 0. The second-order valence-corrected chi connectivity index (χ2v) is 0.736. The van der Waals surface area contributed by atoms with Crippen LogP contribution in [0.15, 0.2) is 0 Å². The van der Waals surface area contributed by atoms with Crippen LogP contribution >= 0.6 is 12.2 Å². The Labute approximate surface area is 32.6 Å². The zero-order chi connectivity index (χ0) is 3.41. The van der Waals surface area contributed by atoms with Crippen molar-refractivity contribution >= 4 is 25.4 Å². The van der Waals surface area contributed by atoms with Gasteiger partial charge in [-0.3, -0.25) is 0 Å². The Morgan fingerprint density at radius 1 is 2.00 bits per heavy atom.